The molecule has 0 aliphatic carbocycles. The Balaban J connectivity index is 1.14. The maximum atomic E-state index is 14.1. The predicted molar refractivity (Wildman–Crippen MR) is 128 cm³/mol. The zero-order valence-electron chi connectivity index (χ0n) is 19.5. The molecule has 0 radical (unpaired) electrons. The zero-order chi connectivity index (χ0) is 25.1. The van der Waals surface area contributed by atoms with Crippen molar-refractivity contribution in [1.29, 1.82) is 0 Å². The molecule has 188 valence electrons. The molecule has 0 spiro atoms. The summed E-state index contributed by atoms with van der Waals surface area (Å²) in [6.45, 7) is 1.08. The fourth-order valence-electron chi connectivity index (χ4n) is 4.37. The number of halogens is 2. The number of piperidine rings is 1. The molecule has 1 amide bonds. The fourth-order valence-corrected chi connectivity index (χ4v) is 5.26. The molecular weight excluding hydrogens is 490 g/mol. The van der Waals surface area contributed by atoms with Crippen LogP contribution in [0.15, 0.2) is 47.1 Å². The maximum Gasteiger partial charge on any atom is 0.260 e. The first-order valence-electron chi connectivity index (χ1n) is 11.6. The van der Waals surface area contributed by atoms with Gasteiger partial charge in [-0.15, -0.1) is 11.3 Å². The average molecular weight is 515 g/mol. The van der Waals surface area contributed by atoms with Crippen molar-refractivity contribution < 1.29 is 27.9 Å². The molecule has 5 rings (SSSR count). The highest BCUT2D eigenvalue weighted by molar-refractivity contribution is 7.11. The summed E-state index contributed by atoms with van der Waals surface area (Å²) < 4.78 is 39.0. The number of likely N-dealkylation sites (tertiary alicyclic amines) is 1. The monoisotopic (exact) mass is 514 g/mol. The van der Waals surface area contributed by atoms with Crippen LogP contribution >= 0.6 is 11.3 Å². The van der Waals surface area contributed by atoms with Crippen molar-refractivity contribution in [2.24, 2.45) is 5.16 Å². The Bertz CT molecular complexity index is 1260. The number of nitrogens with zero attached hydrogens (tertiary/aromatic N) is 4. The molecule has 1 aromatic carbocycles. The highest BCUT2D eigenvalue weighted by Gasteiger charge is 2.31. The summed E-state index contributed by atoms with van der Waals surface area (Å²) in [5.41, 5.74) is 1.39. The lowest BCUT2D eigenvalue weighted by molar-refractivity contribution is -0.134. The first kappa shape index (κ1) is 24.1. The Kier molecular flexibility index (Phi) is 7.08. The summed E-state index contributed by atoms with van der Waals surface area (Å²) in [6.07, 6.45) is 2.56. The third-order valence-corrected chi connectivity index (χ3v) is 7.22. The topological polar surface area (TPSA) is 86.1 Å². The van der Waals surface area contributed by atoms with E-state index in [-0.39, 0.29) is 36.3 Å². The van der Waals surface area contributed by atoms with Crippen LogP contribution in [0.3, 0.4) is 0 Å². The predicted octanol–water partition coefficient (Wildman–Crippen LogP) is 4.48. The van der Waals surface area contributed by atoms with Crippen LogP contribution in [0.1, 0.15) is 47.5 Å². The van der Waals surface area contributed by atoms with Crippen molar-refractivity contribution in [1.82, 2.24) is 14.9 Å². The molecule has 1 saturated heterocycles. The second-order valence-corrected chi connectivity index (χ2v) is 9.36. The number of carbonyl (C=O) groups excluding carboxylic acids is 1. The minimum Gasteiger partial charge on any atom is -0.491 e. The molecule has 1 unspecified atom stereocenters. The van der Waals surface area contributed by atoms with Gasteiger partial charge in [-0.1, -0.05) is 11.2 Å². The number of pyridine rings is 1. The molecular formula is C25H24F2N4O4S. The number of oxime groups is 1. The lowest BCUT2D eigenvalue weighted by atomic mass is 9.94. The highest BCUT2D eigenvalue weighted by Crippen LogP contribution is 2.35. The van der Waals surface area contributed by atoms with Gasteiger partial charge >= 0.3 is 0 Å². The highest BCUT2D eigenvalue weighted by atomic mass is 32.1. The molecule has 1 fully saturated rings. The Hall–Kier alpha value is -3.60. The number of amides is 1. The van der Waals surface area contributed by atoms with E-state index in [1.165, 1.54) is 36.6 Å². The van der Waals surface area contributed by atoms with Crippen LogP contribution in [0.4, 0.5) is 8.78 Å². The van der Waals surface area contributed by atoms with E-state index in [9.17, 15) is 13.6 Å². The number of thiazole rings is 1. The number of hydrogen-bond acceptors (Lipinski definition) is 8. The van der Waals surface area contributed by atoms with E-state index in [2.05, 4.69) is 10.1 Å². The molecule has 1 atom stereocenters. The summed E-state index contributed by atoms with van der Waals surface area (Å²) in [5, 5.41) is 6.71. The number of benzene rings is 1. The Morgan fingerprint density at radius 3 is 2.72 bits per heavy atom. The van der Waals surface area contributed by atoms with Crippen LogP contribution in [-0.2, 0) is 9.63 Å². The molecule has 0 saturated carbocycles. The van der Waals surface area contributed by atoms with Gasteiger partial charge in [-0.2, -0.15) is 0 Å². The summed E-state index contributed by atoms with van der Waals surface area (Å²) in [4.78, 5) is 28.6. The summed E-state index contributed by atoms with van der Waals surface area (Å²) in [6, 6.07) is 7.19. The van der Waals surface area contributed by atoms with Crippen LogP contribution in [0.2, 0.25) is 0 Å². The number of carbonyl (C=O) groups is 1. The minimum atomic E-state index is -0.809. The molecule has 2 aromatic heterocycles. The molecule has 2 aliphatic heterocycles. The average Bonchev–Trinajstić information content (AvgIpc) is 3.58. The summed E-state index contributed by atoms with van der Waals surface area (Å²) in [7, 11) is 1.52. The molecule has 0 bridgehead atoms. The number of hydrogen-bond donors (Lipinski definition) is 0. The van der Waals surface area contributed by atoms with Crippen molar-refractivity contribution in [2.45, 2.75) is 31.3 Å². The molecule has 0 N–H and O–H groups in total. The van der Waals surface area contributed by atoms with Gasteiger partial charge in [0.1, 0.15) is 22.4 Å². The fraction of sp³-hybridized carbons (Fsp3) is 0.360. The van der Waals surface area contributed by atoms with E-state index in [0.717, 1.165) is 18.5 Å². The van der Waals surface area contributed by atoms with Crippen molar-refractivity contribution in [3.05, 3.63) is 69.8 Å². The Labute approximate surface area is 210 Å². The van der Waals surface area contributed by atoms with E-state index >= 15 is 0 Å². The van der Waals surface area contributed by atoms with Crippen LogP contribution in [0.25, 0.3) is 0 Å². The second kappa shape index (κ2) is 10.6. The van der Waals surface area contributed by atoms with Gasteiger partial charge < -0.3 is 19.2 Å². The molecule has 36 heavy (non-hydrogen) atoms. The van der Waals surface area contributed by atoms with Crippen molar-refractivity contribution >= 4 is 23.0 Å². The lowest BCUT2D eigenvalue weighted by Crippen LogP contribution is -2.40. The maximum absolute atomic E-state index is 14.1. The van der Waals surface area contributed by atoms with Gasteiger partial charge in [0.05, 0.1) is 18.4 Å². The number of aromatic nitrogens is 2. The van der Waals surface area contributed by atoms with Crippen molar-refractivity contribution in [3.63, 3.8) is 0 Å². The minimum absolute atomic E-state index is 0.107. The van der Waals surface area contributed by atoms with Crippen LogP contribution < -0.4 is 9.47 Å². The van der Waals surface area contributed by atoms with Crippen LogP contribution in [-0.4, -0.2) is 53.3 Å². The van der Waals surface area contributed by atoms with Crippen molar-refractivity contribution in [3.8, 4) is 11.6 Å². The van der Waals surface area contributed by atoms with E-state index in [0.29, 0.717) is 29.6 Å². The van der Waals surface area contributed by atoms with Gasteiger partial charge in [0, 0.05) is 37.0 Å². The smallest absolute Gasteiger partial charge is 0.260 e. The SMILES string of the molecule is COc1cccnc1OCC(=O)N1CCC(c2csc(C3=NOC(c4c(F)cccc4F)C3)n2)CC1. The van der Waals surface area contributed by atoms with E-state index < -0.39 is 17.7 Å². The van der Waals surface area contributed by atoms with Gasteiger partial charge in [0.25, 0.3) is 11.8 Å². The summed E-state index contributed by atoms with van der Waals surface area (Å²) >= 11 is 1.43. The van der Waals surface area contributed by atoms with Crippen LogP contribution in [0, 0.1) is 11.6 Å². The van der Waals surface area contributed by atoms with Gasteiger partial charge in [0.2, 0.25) is 0 Å². The van der Waals surface area contributed by atoms with Gasteiger partial charge in [-0.05, 0) is 37.1 Å². The normalized spacial score (nSPS) is 18.0. The second-order valence-electron chi connectivity index (χ2n) is 8.50. The summed E-state index contributed by atoms with van der Waals surface area (Å²) in [5.74, 6) is -0.435. The third kappa shape index (κ3) is 5.01. The molecule has 2 aliphatic rings. The van der Waals surface area contributed by atoms with Gasteiger partial charge in [-0.25, -0.2) is 18.7 Å². The standard InChI is InChI=1S/C25H24F2N4O4S/c1-33-20-6-3-9-28-24(20)34-13-22(32)31-10-7-15(8-11-31)19-14-36-25(29-19)18-12-21(35-30-18)23-16(26)4-2-5-17(23)27/h2-6,9,14-15,21H,7-8,10-13H2,1H3. The quantitative estimate of drug-likeness (QED) is 0.462. The van der Waals surface area contributed by atoms with Gasteiger partial charge in [-0.3, -0.25) is 4.79 Å². The van der Waals surface area contributed by atoms with Gasteiger partial charge in [0.15, 0.2) is 18.5 Å². The first-order valence-corrected chi connectivity index (χ1v) is 12.4. The Morgan fingerprint density at radius 2 is 1.97 bits per heavy atom. The lowest BCUT2D eigenvalue weighted by Gasteiger charge is -2.31. The zero-order valence-corrected chi connectivity index (χ0v) is 20.3. The largest absolute Gasteiger partial charge is 0.491 e. The number of ether oxygens (including phenoxy) is 2. The van der Waals surface area contributed by atoms with E-state index in [1.807, 2.05) is 5.38 Å². The van der Waals surface area contributed by atoms with E-state index in [1.54, 1.807) is 23.2 Å². The Morgan fingerprint density at radius 1 is 1.19 bits per heavy atom. The first-order chi connectivity index (χ1) is 17.5. The number of rotatable bonds is 7. The third-order valence-electron chi connectivity index (χ3n) is 6.31. The number of methoxy groups -OCH3 is 1. The van der Waals surface area contributed by atoms with E-state index in [4.69, 9.17) is 19.3 Å². The van der Waals surface area contributed by atoms with Crippen molar-refractivity contribution in [2.75, 3.05) is 26.8 Å². The molecule has 11 heteroatoms. The molecule has 4 heterocycles. The molecule has 3 aromatic rings. The molecule has 8 nitrogen and oxygen atoms in total. The van der Waals surface area contributed by atoms with Crippen LogP contribution in [0.5, 0.6) is 11.6 Å².